The summed E-state index contributed by atoms with van der Waals surface area (Å²) in [5, 5.41) is 0. The minimum absolute atomic E-state index is 1.18. The molecule has 0 saturated carbocycles. The van der Waals surface area contributed by atoms with Crippen molar-refractivity contribution in [1.29, 1.82) is 0 Å². The maximum atomic E-state index is 2.35. The molecule has 1 aliphatic carbocycles. The fourth-order valence-corrected chi connectivity index (χ4v) is 2.88. The zero-order chi connectivity index (χ0) is 12.4. The molecule has 0 spiro atoms. The lowest BCUT2D eigenvalue weighted by Crippen LogP contribution is -1.96. The quantitative estimate of drug-likeness (QED) is 0.631. The van der Waals surface area contributed by atoms with E-state index >= 15 is 0 Å². The topological polar surface area (TPSA) is 0 Å². The van der Waals surface area contributed by atoms with E-state index in [0.29, 0.717) is 0 Å². The van der Waals surface area contributed by atoms with Crippen LogP contribution in [0.5, 0.6) is 0 Å². The largest absolute Gasteiger partial charge is 0.0654 e. The number of hydrogen-bond acceptors (Lipinski definition) is 0. The van der Waals surface area contributed by atoms with Crippen molar-refractivity contribution < 1.29 is 0 Å². The van der Waals surface area contributed by atoms with Gasteiger partial charge in [0.05, 0.1) is 0 Å². The maximum absolute atomic E-state index is 2.35. The summed E-state index contributed by atoms with van der Waals surface area (Å²) in [6, 6.07) is 4.66. The van der Waals surface area contributed by atoms with Gasteiger partial charge in [0.2, 0.25) is 0 Å². The van der Waals surface area contributed by atoms with Crippen LogP contribution in [-0.2, 0) is 12.8 Å². The predicted octanol–water partition coefficient (Wildman–Crippen LogP) is 5.08. The summed E-state index contributed by atoms with van der Waals surface area (Å²) in [5.74, 6) is 0. The molecule has 0 saturated heterocycles. The van der Waals surface area contributed by atoms with Crippen LogP contribution in [0.3, 0.4) is 0 Å². The lowest BCUT2D eigenvalue weighted by atomic mass is 9.93. The van der Waals surface area contributed by atoms with Crippen LogP contribution in [0.1, 0.15) is 62.3 Å². The third-order valence-electron chi connectivity index (χ3n) is 4.14. The Kier molecular flexibility index (Phi) is 3.71. The molecule has 0 aromatic heterocycles. The van der Waals surface area contributed by atoms with Gasteiger partial charge in [-0.05, 0) is 67.9 Å². The summed E-state index contributed by atoms with van der Waals surface area (Å²) in [4.78, 5) is 0. The molecule has 0 unspecified atom stereocenters. The molecule has 0 radical (unpaired) electrons. The average molecular weight is 228 g/mol. The molecule has 17 heavy (non-hydrogen) atoms. The van der Waals surface area contributed by atoms with E-state index in [-0.39, 0.29) is 0 Å². The Labute approximate surface area is 106 Å². The summed E-state index contributed by atoms with van der Waals surface area (Å²) in [7, 11) is 0. The van der Waals surface area contributed by atoms with E-state index in [1.165, 1.54) is 43.2 Å². The Hall–Kier alpha value is -1.04. The second-order valence-corrected chi connectivity index (χ2v) is 5.43. The van der Waals surface area contributed by atoms with Gasteiger partial charge in [0, 0.05) is 0 Å². The third-order valence-corrected chi connectivity index (χ3v) is 4.14. The Morgan fingerprint density at radius 2 is 1.82 bits per heavy atom. The van der Waals surface area contributed by atoms with Crippen molar-refractivity contribution in [3.8, 4) is 0 Å². The molecular formula is C17H24. The van der Waals surface area contributed by atoms with Crippen molar-refractivity contribution in [2.45, 2.75) is 59.8 Å². The number of allylic oxidation sites excluding steroid dienone is 2. The fourth-order valence-electron chi connectivity index (χ4n) is 2.88. The minimum Gasteiger partial charge on any atom is -0.0654 e. The monoisotopic (exact) mass is 228 g/mol. The zero-order valence-electron chi connectivity index (χ0n) is 11.7. The van der Waals surface area contributed by atoms with Gasteiger partial charge >= 0.3 is 0 Å². The SMILES string of the molecule is CCCCCc1ccc(C)c2c1C(C)=C(C)C2. The van der Waals surface area contributed by atoms with Crippen molar-refractivity contribution in [3.63, 3.8) is 0 Å². The van der Waals surface area contributed by atoms with Crippen molar-refractivity contribution in [2.24, 2.45) is 0 Å². The first-order chi connectivity index (χ1) is 8.15. The average Bonchev–Trinajstić information content (AvgIpc) is 2.61. The Morgan fingerprint density at radius 3 is 2.53 bits per heavy atom. The van der Waals surface area contributed by atoms with E-state index < -0.39 is 0 Å². The molecule has 0 N–H and O–H groups in total. The van der Waals surface area contributed by atoms with E-state index in [9.17, 15) is 0 Å². The Bertz CT molecular complexity index is 449. The summed E-state index contributed by atoms with van der Waals surface area (Å²) in [6.45, 7) is 9.10. The van der Waals surface area contributed by atoms with Gasteiger partial charge in [0.25, 0.3) is 0 Å². The highest BCUT2D eigenvalue weighted by molar-refractivity contribution is 5.78. The Morgan fingerprint density at radius 1 is 1.06 bits per heavy atom. The highest BCUT2D eigenvalue weighted by Gasteiger charge is 2.20. The van der Waals surface area contributed by atoms with E-state index in [2.05, 4.69) is 39.8 Å². The van der Waals surface area contributed by atoms with Crippen LogP contribution in [0.4, 0.5) is 0 Å². The van der Waals surface area contributed by atoms with Gasteiger partial charge in [0.15, 0.2) is 0 Å². The molecule has 2 rings (SSSR count). The molecule has 0 nitrogen and oxygen atoms in total. The minimum atomic E-state index is 1.18. The van der Waals surface area contributed by atoms with Crippen LogP contribution in [0.25, 0.3) is 5.57 Å². The van der Waals surface area contributed by atoms with Gasteiger partial charge in [-0.1, -0.05) is 37.5 Å². The van der Waals surface area contributed by atoms with Crippen LogP contribution >= 0.6 is 0 Å². The zero-order valence-corrected chi connectivity index (χ0v) is 11.7. The first-order valence-electron chi connectivity index (χ1n) is 6.93. The molecule has 0 amide bonds. The normalized spacial score (nSPS) is 14.4. The van der Waals surface area contributed by atoms with Crippen molar-refractivity contribution >= 4 is 5.57 Å². The summed E-state index contributed by atoms with van der Waals surface area (Å²) in [5.41, 5.74) is 9.32. The standard InChI is InChI=1S/C17H24/c1-5-6-7-8-15-10-9-12(2)16-11-13(3)14(4)17(15)16/h9-10H,5-8,11H2,1-4H3. The number of unbranched alkanes of at least 4 members (excludes halogenated alkanes) is 2. The van der Waals surface area contributed by atoms with E-state index in [1.807, 2.05) is 0 Å². The van der Waals surface area contributed by atoms with E-state index in [1.54, 1.807) is 22.3 Å². The number of hydrogen-bond donors (Lipinski definition) is 0. The van der Waals surface area contributed by atoms with Gasteiger partial charge < -0.3 is 0 Å². The maximum Gasteiger partial charge on any atom is -0.00552 e. The molecule has 0 aliphatic heterocycles. The van der Waals surface area contributed by atoms with Gasteiger partial charge in [-0.2, -0.15) is 0 Å². The third kappa shape index (κ3) is 2.31. The lowest BCUT2D eigenvalue weighted by Gasteiger charge is -2.12. The molecule has 0 atom stereocenters. The molecule has 0 heterocycles. The molecule has 0 heteroatoms. The van der Waals surface area contributed by atoms with Crippen molar-refractivity contribution in [1.82, 2.24) is 0 Å². The molecule has 1 aliphatic rings. The summed E-state index contributed by atoms with van der Waals surface area (Å²) < 4.78 is 0. The predicted molar refractivity (Wildman–Crippen MR) is 76.4 cm³/mol. The molecule has 0 fully saturated rings. The van der Waals surface area contributed by atoms with Crippen molar-refractivity contribution in [2.75, 3.05) is 0 Å². The second kappa shape index (κ2) is 5.08. The molecule has 1 aromatic carbocycles. The first-order valence-corrected chi connectivity index (χ1v) is 6.93. The summed E-state index contributed by atoms with van der Waals surface area (Å²) >= 11 is 0. The first kappa shape index (κ1) is 12.4. The van der Waals surface area contributed by atoms with E-state index in [0.717, 1.165) is 0 Å². The summed E-state index contributed by atoms with van der Waals surface area (Å²) in [6.07, 6.45) is 6.42. The van der Waals surface area contributed by atoms with Crippen LogP contribution in [0, 0.1) is 6.92 Å². The highest BCUT2D eigenvalue weighted by atomic mass is 14.2. The van der Waals surface area contributed by atoms with Crippen LogP contribution in [-0.4, -0.2) is 0 Å². The van der Waals surface area contributed by atoms with Crippen LogP contribution < -0.4 is 0 Å². The van der Waals surface area contributed by atoms with Gasteiger partial charge in [-0.25, -0.2) is 0 Å². The molecule has 92 valence electrons. The van der Waals surface area contributed by atoms with Gasteiger partial charge in [0.1, 0.15) is 0 Å². The molecular weight excluding hydrogens is 204 g/mol. The molecule has 0 bridgehead atoms. The highest BCUT2D eigenvalue weighted by Crippen LogP contribution is 2.37. The van der Waals surface area contributed by atoms with Crippen LogP contribution in [0.2, 0.25) is 0 Å². The fraction of sp³-hybridized carbons (Fsp3) is 0.529. The smallest absolute Gasteiger partial charge is 0.00552 e. The second-order valence-electron chi connectivity index (χ2n) is 5.43. The van der Waals surface area contributed by atoms with Crippen molar-refractivity contribution in [3.05, 3.63) is 40.0 Å². The number of benzene rings is 1. The van der Waals surface area contributed by atoms with Gasteiger partial charge in [-0.15, -0.1) is 0 Å². The number of aryl methyl sites for hydroxylation is 2. The Balaban J connectivity index is 2.32. The number of fused-ring (bicyclic) bond motifs is 1. The van der Waals surface area contributed by atoms with Crippen LogP contribution in [0.15, 0.2) is 17.7 Å². The lowest BCUT2D eigenvalue weighted by molar-refractivity contribution is 0.716. The molecule has 1 aromatic rings. The van der Waals surface area contributed by atoms with E-state index in [4.69, 9.17) is 0 Å². The van der Waals surface area contributed by atoms with Gasteiger partial charge in [-0.3, -0.25) is 0 Å². The number of rotatable bonds is 4.